The van der Waals surface area contributed by atoms with Gasteiger partial charge in [-0.15, -0.1) is 0 Å². The van der Waals surface area contributed by atoms with Gasteiger partial charge in [-0.25, -0.2) is 0 Å². The molecule has 0 saturated carbocycles. The summed E-state index contributed by atoms with van der Waals surface area (Å²) < 4.78 is 0. The number of fused-ring (bicyclic) bond motifs is 2. The van der Waals surface area contributed by atoms with Crippen LogP contribution >= 0.6 is 0 Å². The highest BCUT2D eigenvalue weighted by Gasteiger charge is 2.28. The minimum atomic E-state index is -0.219. The Kier molecular flexibility index (Phi) is 3.64. The molecule has 0 saturated heterocycles. The highest BCUT2D eigenvalue weighted by Crippen LogP contribution is 2.38. The zero-order valence-corrected chi connectivity index (χ0v) is 13.3. The fourth-order valence-electron chi connectivity index (χ4n) is 4.23. The maximum absolute atomic E-state index is 11.7. The molecule has 0 radical (unpaired) electrons. The Morgan fingerprint density at radius 3 is 2.70 bits per heavy atom. The molecule has 23 heavy (non-hydrogen) atoms. The Balaban J connectivity index is 1.73. The van der Waals surface area contributed by atoms with Crippen LogP contribution in [0.5, 0.6) is 0 Å². The third-order valence-electron chi connectivity index (χ3n) is 5.38. The summed E-state index contributed by atoms with van der Waals surface area (Å²) >= 11 is 0. The first-order valence-corrected chi connectivity index (χ1v) is 8.61. The first-order chi connectivity index (χ1) is 11.2. The number of hydrogen-bond acceptors (Lipinski definition) is 2. The first-order valence-electron chi connectivity index (χ1n) is 8.61. The van der Waals surface area contributed by atoms with E-state index >= 15 is 0 Å². The molecular formula is C20H22N2O. The summed E-state index contributed by atoms with van der Waals surface area (Å²) in [6, 6.07) is 12.9. The van der Waals surface area contributed by atoms with Crippen LogP contribution in [0.4, 0.5) is 0 Å². The van der Waals surface area contributed by atoms with Crippen LogP contribution < -0.4 is 5.73 Å². The number of nitrogens with zero attached hydrogens (tertiary/aromatic N) is 1. The number of amides is 1. The lowest BCUT2D eigenvalue weighted by Crippen LogP contribution is -2.26. The van der Waals surface area contributed by atoms with Crippen LogP contribution in [0.1, 0.15) is 65.6 Å². The summed E-state index contributed by atoms with van der Waals surface area (Å²) in [5.41, 5.74) is 11.7. The molecule has 2 atom stereocenters. The van der Waals surface area contributed by atoms with E-state index in [2.05, 4.69) is 36.4 Å². The van der Waals surface area contributed by atoms with Crippen molar-refractivity contribution in [3.8, 4) is 0 Å². The second kappa shape index (κ2) is 5.80. The Bertz CT molecular complexity index is 753. The standard InChI is InChI=1S/C20H22N2O/c21-20(23)17-9-4-10-18-16(17)11-12-19(22-18)15-8-3-6-13-5-1-2-7-14(13)15/h1-2,5,7,11-12,15,17H,3-4,6,8-10H2,(H2,21,23)/t15-,17?/m0/s1. The van der Waals surface area contributed by atoms with E-state index in [1.807, 2.05) is 0 Å². The van der Waals surface area contributed by atoms with Crippen LogP contribution in [0.3, 0.4) is 0 Å². The van der Waals surface area contributed by atoms with E-state index < -0.39 is 0 Å². The molecule has 1 aromatic carbocycles. The Morgan fingerprint density at radius 2 is 1.83 bits per heavy atom. The van der Waals surface area contributed by atoms with Gasteiger partial charge in [-0.1, -0.05) is 30.3 Å². The predicted molar refractivity (Wildman–Crippen MR) is 90.3 cm³/mol. The van der Waals surface area contributed by atoms with Gasteiger partial charge in [-0.3, -0.25) is 9.78 Å². The average Bonchev–Trinajstić information content (AvgIpc) is 2.60. The Labute approximate surface area is 136 Å². The molecular weight excluding hydrogens is 284 g/mol. The van der Waals surface area contributed by atoms with Gasteiger partial charge in [0.05, 0.1) is 5.92 Å². The molecule has 2 aromatic rings. The molecule has 118 valence electrons. The van der Waals surface area contributed by atoms with Gasteiger partial charge in [0.1, 0.15) is 0 Å². The van der Waals surface area contributed by atoms with Gasteiger partial charge in [0.25, 0.3) is 0 Å². The van der Waals surface area contributed by atoms with E-state index in [1.54, 1.807) is 0 Å². The van der Waals surface area contributed by atoms with Crippen molar-refractivity contribution in [2.24, 2.45) is 5.73 Å². The van der Waals surface area contributed by atoms with Gasteiger partial charge in [-0.2, -0.15) is 0 Å². The fourth-order valence-corrected chi connectivity index (χ4v) is 4.23. The number of aromatic nitrogens is 1. The average molecular weight is 306 g/mol. The van der Waals surface area contributed by atoms with Gasteiger partial charge in [-0.05, 0) is 61.3 Å². The van der Waals surface area contributed by atoms with Gasteiger partial charge >= 0.3 is 0 Å². The first kappa shape index (κ1) is 14.4. The minimum absolute atomic E-state index is 0.154. The molecule has 0 spiro atoms. The van der Waals surface area contributed by atoms with E-state index in [9.17, 15) is 4.79 Å². The molecule has 2 N–H and O–H groups in total. The van der Waals surface area contributed by atoms with Crippen molar-refractivity contribution in [2.75, 3.05) is 0 Å². The number of rotatable bonds is 2. The fraction of sp³-hybridized carbons (Fsp3) is 0.400. The van der Waals surface area contributed by atoms with Crippen molar-refractivity contribution in [1.29, 1.82) is 0 Å². The smallest absolute Gasteiger partial charge is 0.225 e. The summed E-state index contributed by atoms with van der Waals surface area (Å²) in [4.78, 5) is 16.6. The third kappa shape index (κ3) is 2.54. The lowest BCUT2D eigenvalue weighted by molar-refractivity contribution is -0.119. The largest absolute Gasteiger partial charge is 0.369 e. The molecule has 2 aliphatic carbocycles. The normalized spacial score (nSPS) is 23.0. The van der Waals surface area contributed by atoms with Crippen molar-refractivity contribution in [2.45, 2.75) is 50.4 Å². The molecule has 0 fully saturated rings. The monoisotopic (exact) mass is 306 g/mol. The lowest BCUT2D eigenvalue weighted by atomic mass is 9.79. The van der Waals surface area contributed by atoms with E-state index in [1.165, 1.54) is 24.0 Å². The van der Waals surface area contributed by atoms with Crippen molar-refractivity contribution in [1.82, 2.24) is 4.98 Å². The van der Waals surface area contributed by atoms with Crippen LogP contribution in [0, 0.1) is 0 Å². The minimum Gasteiger partial charge on any atom is -0.369 e. The SMILES string of the molecule is NC(=O)C1CCCc2nc([C@H]3CCCc4ccccc43)ccc21. The van der Waals surface area contributed by atoms with Gasteiger partial charge in [0, 0.05) is 17.3 Å². The van der Waals surface area contributed by atoms with Crippen molar-refractivity contribution in [3.05, 3.63) is 64.5 Å². The van der Waals surface area contributed by atoms with Crippen molar-refractivity contribution in [3.63, 3.8) is 0 Å². The highest BCUT2D eigenvalue weighted by molar-refractivity contribution is 5.82. The molecule has 3 nitrogen and oxygen atoms in total. The zero-order valence-electron chi connectivity index (χ0n) is 13.3. The van der Waals surface area contributed by atoms with Crippen LogP contribution in [-0.2, 0) is 17.6 Å². The number of primary amides is 1. The topological polar surface area (TPSA) is 56.0 Å². The predicted octanol–water partition coefficient (Wildman–Crippen LogP) is 3.46. The maximum atomic E-state index is 11.7. The Hall–Kier alpha value is -2.16. The summed E-state index contributed by atoms with van der Waals surface area (Å²) in [6.07, 6.45) is 6.35. The van der Waals surface area contributed by atoms with E-state index in [-0.39, 0.29) is 11.8 Å². The summed E-state index contributed by atoms with van der Waals surface area (Å²) in [5, 5.41) is 0. The summed E-state index contributed by atoms with van der Waals surface area (Å²) in [5.74, 6) is 0.0154. The highest BCUT2D eigenvalue weighted by atomic mass is 16.1. The van der Waals surface area contributed by atoms with Crippen LogP contribution in [0.15, 0.2) is 36.4 Å². The van der Waals surface area contributed by atoms with Crippen molar-refractivity contribution >= 4 is 5.91 Å². The number of benzene rings is 1. The lowest BCUT2D eigenvalue weighted by Gasteiger charge is -2.27. The second-order valence-corrected chi connectivity index (χ2v) is 6.76. The number of aryl methyl sites for hydroxylation is 2. The molecule has 0 aliphatic heterocycles. The van der Waals surface area contributed by atoms with E-state index in [4.69, 9.17) is 10.7 Å². The summed E-state index contributed by atoms with van der Waals surface area (Å²) in [6.45, 7) is 0. The van der Waals surface area contributed by atoms with Crippen molar-refractivity contribution < 1.29 is 4.79 Å². The third-order valence-corrected chi connectivity index (χ3v) is 5.38. The molecule has 0 bridgehead atoms. The number of nitrogens with two attached hydrogens (primary N) is 1. The quantitative estimate of drug-likeness (QED) is 0.924. The van der Waals surface area contributed by atoms with Crippen LogP contribution in [0.2, 0.25) is 0 Å². The molecule has 4 rings (SSSR count). The molecule has 1 amide bonds. The zero-order chi connectivity index (χ0) is 15.8. The Morgan fingerprint density at radius 1 is 1.00 bits per heavy atom. The van der Waals surface area contributed by atoms with Gasteiger partial charge in [0.2, 0.25) is 5.91 Å². The molecule has 3 heteroatoms. The van der Waals surface area contributed by atoms with Gasteiger partial charge in [0.15, 0.2) is 0 Å². The number of carbonyl (C=O) groups excluding carboxylic acids is 1. The molecule has 2 aliphatic rings. The van der Waals surface area contributed by atoms with E-state index in [0.29, 0.717) is 5.92 Å². The molecule has 1 unspecified atom stereocenters. The molecule has 1 heterocycles. The van der Waals surface area contributed by atoms with Crippen LogP contribution in [0.25, 0.3) is 0 Å². The van der Waals surface area contributed by atoms with Crippen LogP contribution in [-0.4, -0.2) is 10.9 Å². The van der Waals surface area contributed by atoms with Gasteiger partial charge < -0.3 is 5.73 Å². The second-order valence-electron chi connectivity index (χ2n) is 6.76. The maximum Gasteiger partial charge on any atom is 0.225 e. The number of hydrogen-bond donors (Lipinski definition) is 1. The molecule has 1 aromatic heterocycles. The number of carbonyl (C=O) groups is 1. The van der Waals surface area contributed by atoms with E-state index in [0.717, 1.165) is 42.6 Å². The summed E-state index contributed by atoms with van der Waals surface area (Å²) in [7, 11) is 0. The number of pyridine rings is 1.